The molecule has 0 aromatic carbocycles. The third kappa shape index (κ3) is 3.94. The van der Waals surface area contributed by atoms with E-state index in [4.69, 9.17) is 4.74 Å². The first-order valence-corrected chi connectivity index (χ1v) is 7.29. The second-order valence-electron chi connectivity index (χ2n) is 5.86. The molecular weight excluding hydrogens is 212 g/mol. The highest BCUT2D eigenvalue weighted by Crippen LogP contribution is 2.27. The van der Waals surface area contributed by atoms with Gasteiger partial charge in [0.2, 0.25) is 0 Å². The van der Waals surface area contributed by atoms with Crippen LogP contribution in [0.5, 0.6) is 0 Å². The lowest BCUT2D eigenvalue weighted by Crippen LogP contribution is -2.37. The van der Waals surface area contributed by atoms with E-state index in [-0.39, 0.29) is 0 Å². The Hall–Kier alpha value is -0.120. The summed E-state index contributed by atoms with van der Waals surface area (Å²) in [5, 5.41) is 6.92. The number of hydrogen-bond acceptors (Lipinski definition) is 3. The normalized spacial score (nSPS) is 32.1. The zero-order valence-corrected chi connectivity index (χ0v) is 11.4. The van der Waals surface area contributed by atoms with E-state index in [9.17, 15) is 0 Å². The molecule has 2 fully saturated rings. The average molecular weight is 240 g/mol. The van der Waals surface area contributed by atoms with Crippen LogP contribution in [0, 0.1) is 11.8 Å². The monoisotopic (exact) mass is 240 g/mol. The van der Waals surface area contributed by atoms with Gasteiger partial charge in [-0.3, -0.25) is 0 Å². The molecule has 17 heavy (non-hydrogen) atoms. The molecule has 3 atom stereocenters. The van der Waals surface area contributed by atoms with Crippen molar-refractivity contribution < 1.29 is 4.74 Å². The Kier molecular flexibility index (Phi) is 5.26. The van der Waals surface area contributed by atoms with E-state index in [1.54, 1.807) is 0 Å². The molecule has 1 heterocycles. The first kappa shape index (κ1) is 13.3. The van der Waals surface area contributed by atoms with Crippen LogP contribution >= 0.6 is 0 Å². The van der Waals surface area contributed by atoms with Gasteiger partial charge in [0.15, 0.2) is 0 Å². The van der Waals surface area contributed by atoms with E-state index < -0.39 is 0 Å². The molecule has 2 rings (SSSR count). The van der Waals surface area contributed by atoms with Gasteiger partial charge in [0.05, 0.1) is 12.7 Å². The van der Waals surface area contributed by atoms with Crippen LogP contribution in [-0.2, 0) is 4.74 Å². The van der Waals surface area contributed by atoms with E-state index >= 15 is 0 Å². The quantitative estimate of drug-likeness (QED) is 0.742. The van der Waals surface area contributed by atoms with Crippen molar-refractivity contribution in [2.75, 3.05) is 26.7 Å². The molecule has 0 aromatic rings. The Labute approximate surface area is 106 Å². The molecule has 1 aliphatic carbocycles. The van der Waals surface area contributed by atoms with Crippen LogP contribution in [0.4, 0.5) is 0 Å². The molecule has 0 spiro atoms. The molecule has 0 radical (unpaired) electrons. The fourth-order valence-electron chi connectivity index (χ4n) is 3.29. The van der Waals surface area contributed by atoms with Crippen LogP contribution in [0.3, 0.4) is 0 Å². The van der Waals surface area contributed by atoms with Gasteiger partial charge >= 0.3 is 0 Å². The Morgan fingerprint density at radius 3 is 2.71 bits per heavy atom. The molecule has 1 aliphatic heterocycles. The third-order valence-corrected chi connectivity index (χ3v) is 4.43. The molecule has 1 saturated carbocycles. The zero-order chi connectivity index (χ0) is 12.1. The standard InChI is InChI=1S/C14H28N2O/c1-11(13-5-3-4-6-13)16-9-14-7-12(8-15-2)10-17-14/h11-16H,3-10H2,1-2H3. The maximum atomic E-state index is 5.83. The van der Waals surface area contributed by atoms with Crippen molar-refractivity contribution in [1.29, 1.82) is 0 Å². The van der Waals surface area contributed by atoms with Crippen molar-refractivity contribution >= 4 is 0 Å². The van der Waals surface area contributed by atoms with Gasteiger partial charge in [0.1, 0.15) is 0 Å². The van der Waals surface area contributed by atoms with Gasteiger partial charge in [0, 0.05) is 12.6 Å². The summed E-state index contributed by atoms with van der Waals surface area (Å²) < 4.78 is 5.83. The van der Waals surface area contributed by atoms with Crippen LogP contribution in [-0.4, -0.2) is 38.9 Å². The largest absolute Gasteiger partial charge is 0.377 e. The van der Waals surface area contributed by atoms with Gasteiger partial charge in [0.25, 0.3) is 0 Å². The van der Waals surface area contributed by atoms with Gasteiger partial charge in [-0.05, 0) is 51.6 Å². The van der Waals surface area contributed by atoms with Gasteiger partial charge in [-0.1, -0.05) is 12.8 Å². The van der Waals surface area contributed by atoms with Crippen LogP contribution in [0.25, 0.3) is 0 Å². The minimum atomic E-state index is 0.442. The number of nitrogens with one attached hydrogen (secondary N) is 2. The second-order valence-corrected chi connectivity index (χ2v) is 5.86. The van der Waals surface area contributed by atoms with Crippen LogP contribution in [0.1, 0.15) is 39.0 Å². The van der Waals surface area contributed by atoms with E-state index in [1.165, 1.54) is 32.1 Å². The summed E-state index contributed by atoms with van der Waals surface area (Å²) in [4.78, 5) is 0. The lowest BCUT2D eigenvalue weighted by atomic mass is 9.99. The lowest BCUT2D eigenvalue weighted by Gasteiger charge is -2.22. The van der Waals surface area contributed by atoms with Crippen molar-refractivity contribution in [1.82, 2.24) is 10.6 Å². The molecular formula is C14H28N2O. The summed E-state index contributed by atoms with van der Waals surface area (Å²) in [5.74, 6) is 1.62. The average Bonchev–Trinajstić information content (AvgIpc) is 2.97. The molecule has 3 unspecified atom stereocenters. The molecule has 2 N–H and O–H groups in total. The SMILES string of the molecule is CNCC1COC(CNC(C)C2CCCC2)C1. The maximum absolute atomic E-state index is 5.83. The summed E-state index contributed by atoms with van der Waals surface area (Å²) in [6.07, 6.45) is 7.36. The van der Waals surface area contributed by atoms with E-state index in [0.717, 1.165) is 25.6 Å². The highest BCUT2D eigenvalue weighted by Gasteiger charge is 2.26. The Morgan fingerprint density at radius 1 is 1.24 bits per heavy atom. The fraction of sp³-hybridized carbons (Fsp3) is 1.00. The summed E-state index contributed by atoms with van der Waals surface area (Å²) in [6.45, 7) is 5.41. The first-order valence-electron chi connectivity index (χ1n) is 7.29. The van der Waals surface area contributed by atoms with Gasteiger partial charge in [-0.2, -0.15) is 0 Å². The highest BCUT2D eigenvalue weighted by molar-refractivity contribution is 4.81. The molecule has 3 nitrogen and oxygen atoms in total. The minimum absolute atomic E-state index is 0.442. The van der Waals surface area contributed by atoms with Crippen molar-refractivity contribution in [2.24, 2.45) is 11.8 Å². The Morgan fingerprint density at radius 2 is 2.00 bits per heavy atom. The summed E-state index contributed by atoms with van der Waals surface area (Å²) in [5.41, 5.74) is 0. The molecule has 100 valence electrons. The topological polar surface area (TPSA) is 33.3 Å². The van der Waals surface area contributed by atoms with Crippen molar-refractivity contribution in [3.8, 4) is 0 Å². The molecule has 2 aliphatic rings. The van der Waals surface area contributed by atoms with Crippen molar-refractivity contribution in [3.05, 3.63) is 0 Å². The number of hydrogen-bond donors (Lipinski definition) is 2. The van der Waals surface area contributed by atoms with Crippen molar-refractivity contribution in [3.63, 3.8) is 0 Å². The van der Waals surface area contributed by atoms with Gasteiger partial charge in [-0.15, -0.1) is 0 Å². The zero-order valence-electron chi connectivity index (χ0n) is 11.4. The Balaban J connectivity index is 1.61. The predicted molar refractivity (Wildman–Crippen MR) is 71.2 cm³/mol. The highest BCUT2D eigenvalue weighted by atomic mass is 16.5. The van der Waals surface area contributed by atoms with E-state index in [0.29, 0.717) is 18.1 Å². The molecule has 1 saturated heterocycles. The minimum Gasteiger partial charge on any atom is -0.377 e. The van der Waals surface area contributed by atoms with Crippen molar-refractivity contribution in [2.45, 2.75) is 51.2 Å². The number of ether oxygens (including phenoxy) is 1. The molecule has 3 heteroatoms. The maximum Gasteiger partial charge on any atom is 0.0703 e. The molecule has 0 aromatic heterocycles. The second kappa shape index (κ2) is 6.72. The third-order valence-electron chi connectivity index (χ3n) is 4.43. The Bertz CT molecular complexity index is 216. The van der Waals surface area contributed by atoms with E-state index in [2.05, 4.69) is 17.6 Å². The lowest BCUT2D eigenvalue weighted by molar-refractivity contribution is 0.102. The van der Waals surface area contributed by atoms with Crippen LogP contribution in [0.2, 0.25) is 0 Å². The van der Waals surface area contributed by atoms with Gasteiger partial charge in [-0.25, -0.2) is 0 Å². The smallest absolute Gasteiger partial charge is 0.0703 e. The van der Waals surface area contributed by atoms with Crippen LogP contribution < -0.4 is 10.6 Å². The van der Waals surface area contributed by atoms with E-state index in [1.807, 2.05) is 7.05 Å². The summed E-state index contributed by atoms with van der Waals surface area (Å²) in [6, 6.07) is 0.671. The van der Waals surface area contributed by atoms with Gasteiger partial charge < -0.3 is 15.4 Å². The van der Waals surface area contributed by atoms with Crippen LogP contribution in [0.15, 0.2) is 0 Å². The first-order chi connectivity index (χ1) is 8.29. The fourth-order valence-corrected chi connectivity index (χ4v) is 3.29. The molecule has 0 amide bonds. The summed E-state index contributed by atoms with van der Waals surface area (Å²) in [7, 11) is 2.02. The summed E-state index contributed by atoms with van der Waals surface area (Å²) >= 11 is 0. The molecule has 0 bridgehead atoms. The number of rotatable bonds is 6. The predicted octanol–water partition coefficient (Wildman–Crippen LogP) is 1.78.